The van der Waals surface area contributed by atoms with Gasteiger partial charge in [-0.3, -0.25) is 4.68 Å². The quantitative estimate of drug-likeness (QED) is 0.325. The van der Waals surface area contributed by atoms with E-state index in [-0.39, 0.29) is 24.0 Å². The predicted octanol–water partition coefficient (Wildman–Crippen LogP) is 1.98. The highest BCUT2D eigenvalue weighted by Crippen LogP contribution is 2.10. The lowest BCUT2D eigenvalue weighted by Crippen LogP contribution is -2.51. The van der Waals surface area contributed by atoms with E-state index in [0.29, 0.717) is 12.5 Å². The van der Waals surface area contributed by atoms with Gasteiger partial charge in [-0.2, -0.15) is 5.10 Å². The summed E-state index contributed by atoms with van der Waals surface area (Å²) in [6, 6.07) is 14.1. The summed E-state index contributed by atoms with van der Waals surface area (Å²) < 4.78 is 1.93. The fourth-order valence-corrected chi connectivity index (χ4v) is 3.20. The molecule has 0 atom stereocenters. The molecule has 0 saturated carbocycles. The minimum atomic E-state index is 0. The summed E-state index contributed by atoms with van der Waals surface area (Å²) >= 11 is 0. The highest BCUT2D eigenvalue weighted by Gasteiger charge is 2.19. The molecule has 1 aromatic carbocycles. The average molecular weight is 504 g/mol. The van der Waals surface area contributed by atoms with Crippen molar-refractivity contribution < 1.29 is 0 Å². The van der Waals surface area contributed by atoms with Gasteiger partial charge in [-0.25, -0.2) is 15.0 Å². The molecular weight excluding hydrogens is 479 g/mol. The Morgan fingerprint density at radius 1 is 0.966 bits per heavy atom. The summed E-state index contributed by atoms with van der Waals surface area (Å²) in [7, 11) is 0. The van der Waals surface area contributed by atoms with Crippen molar-refractivity contribution in [3.63, 3.8) is 0 Å². The van der Waals surface area contributed by atoms with Crippen LogP contribution >= 0.6 is 24.0 Å². The minimum absolute atomic E-state index is 0. The number of aliphatic imine (C=N–C) groups is 1. The Morgan fingerprint density at radius 3 is 2.41 bits per heavy atom. The normalized spacial score (nSPS) is 14.6. The molecule has 4 rings (SSSR count). The molecule has 2 aromatic heterocycles. The van der Waals surface area contributed by atoms with Crippen LogP contribution in [-0.2, 0) is 13.1 Å². The Kier molecular flexibility index (Phi) is 7.39. The third-order valence-electron chi connectivity index (χ3n) is 4.72. The molecule has 0 aliphatic carbocycles. The van der Waals surface area contributed by atoms with Crippen molar-refractivity contribution in [2.75, 3.05) is 31.1 Å². The van der Waals surface area contributed by atoms with Crippen molar-refractivity contribution in [2.45, 2.75) is 13.1 Å². The maximum atomic E-state index is 6.20. The molecule has 0 bridgehead atoms. The molecule has 9 heteroatoms. The van der Waals surface area contributed by atoms with E-state index in [1.165, 1.54) is 5.56 Å². The highest BCUT2D eigenvalue weighted by molar-refractivity contribution is 14.0. The SMILES string of the molecule is I.NC(=NCc1ccn(Cc2ccccc2)n1)N1CCN(c2ncccn2)CC1. The van der Waals surface area contributed by atoms with E-state index in [1.54, 1.807) is 12.4 Å². The van der Waals surface area contributed by atoms with Crippen molar-refractivity contribution >= 4 is 35.9 Å². The van der Waals surface area contributed by atoms with Gasteiger partial charge in [0.25, 0.3) is 0 Å². The number of benzene rings is 1. The summed E-state index contributed by atoms with van der Waals surface area (Å²) in [5.41, 5.74) is 8.34. The summed E-state index contributed by atoms with van der Waals surface area (Å²) in [4.78, 5) is 17.4. The first kappa shape index (κ1) is 21.0. The van der Waals surface area contributed by atoms with Crippen molar-refractivity contribution in [1.29, 1.82) is 0 Å². The molecule has 152 valence electrons. The zero-order valence-electron chi connectivity index (χ0n) is 16.1. The van der Waals surface area contributed by atoms with Crippen LogP contribution in [0.15, 0.2) is 66.0 Å². The molecule has 0 spiro atoms. The third kappa shape index (κ3) is 5.66. The number of nitrogens with zero attached hydrogens (tertiary/aromatic N) is 7. The van der Waals surface area contributed by atoms with E-state index in [1.807, 2.05) is 41.2 Å². The lowest BCUT2D eigenvalue weighted by Gasteiger charge is -2.35. The van der Waals surface area contributed by atoms with Gasteiger partial charge in [0.2, 0.25) is 5.95 Å². The van der Waals surface area contributed by atoms with Gasteiger partial charge in [-0.05, 0) is 17.7 Å². The van der Waals surface area contributed by atoms with Gasteiger partial charge in [0, 0.05) is 44.8 Å². The van der Waals surface area contributed by atoms with Crippen LogP contribution in [0.5, 0.6) is 0 Å². The fourth-order valence-electron chi connectivity index (χ4n) is 3.20. The second-order valence-electron chi connectivity index (χ2n) is 6.69. The Balaban J connectivity index is 0.00000240. The number of rotatable bonds is 5. The van der Waals surface area contributed by atoms with E-state index in [2.05, 4.69) is 42.0 Å². The first-order valence-electron chi connectivity index (χ1n) is 9.41. The molecule has 0 unspecified atom stereocenters. The molecule has 1 aliphatic rings. The average Bonchev–Trinajstić information content (AvgIpc) is 3.21. The molecule has 3 aromatic rings. The van der Waals surface area contributed by atoms with Crippen LogP contribution in [0.2, 0.25) is 0 Å². The number of nitrogens with two attached hydrogens (primary N) is 1. The Morgan fingerprint density at radius 2 is 1.69 bits per heavy atom. The van der Waals surface area contributed by atoms with Gasteiger partial charge < -0.3 is 15.5 Å². The smallest absolute Gasteiger partial charge is 0.225 e. The van der Waals surface area contributed by atoms with Gasteiger partial charge in [0.1, 0.15) is 0 Å². The molecule has 3 heterocycles. The molecule has 1 fully saturated rings. The number of piperazine rings is 1. The van der Waals surface area contributed by atoms with E-state index < -0.39 is 0 Å². The fraction of sp³-hybridized carbons (Fsp3) is 0.300. The van der Waals surface area contributed by atoms with Crippen molar-refractivity contribution in [2.24, 2.45) is 10.7 Å². The Labute approximate surface area is 187 Å². The summed E-state index contributed by atoms with van der Waals surface area (Å²) in [6.45, 7) is 4.49. The number of guanidine groups is 1. The molecule has 1 saturated heterocycles. The first-order valence-corrected chi connectivity index (χ1v) is 9.41. The van der Waals surface area contributed by atoms with Gasteiger partial charge in [-0.1, -0.05) is 30.3 Å². The summed E-state index contributed by atoms with van der Waals surface area (Å²) in [6.07, 6.45) is 5.51. The van der Waals surface area contributed by atoms with Crippen LogP contribution < -0.4 is 10.6 Å². The van der Waals surface area contributed by atoms with Crippen molar-refractivity contribution in [3.05, 3.63) is 72.3 Å². The molecule has 1 aliphatic heterocycles. The van der Waals surface area contributed by atoms with Crippen LogP contribution in [0.4, 0.5) is 5.95 Å². The topological polar surface area (TPSA) is 88.5 Å². The Bertz CT molecular complexity index is 905. The van der Waals surface area contributed by atoms with E-state index >= 15 is 0 Å². The number of aromatic nitrogens is 4. The lowest BCUT2D eigenvalue weighted by atomic mass is 10.2. The predicted molar refractivity (Wildman–Crippen MR) is 124 cm³/mol. The number of hydrogen-bond acceptors (Lipinski definition) is 5. The van der Waals surface area contributed by atoms with E-state index in [0.717, 1.165) is 44.4 Å². The van der Waals surface area contributed by atoms with Crippen molar-refractivity contribution in [1.82, 2.24) is 24.6 Å². The number of anilines is 1. The van der Waals surface area contributed by atoms with Crippen LogP contribution in [0.25, 0.3) is 0 Å². The van der Waals surface area contributed by atoms with Gasteiger partial charge in [0.05, 0.1) is 18.8 Å². The number of halogens is 1. The van der Waals surface area contributed by atoms with Crippen LogP contribution in [-0.4, -0.2) is 56.8 Å². The van der Waals surface area contributed by atoms with Crippen LogP contribution in [0.1, 0.15) is 11.3 Å². The zero-order valence-corrected chi connectivity index (χ0v) is 18.5. The lowest BCUT2D eigenvalue weighted by molar-refractivity contribution is 0.378. The molecular formula is C20H25IN8. The zero-order chi connectivity index (χ0) is 19.2. The van der Waals surface area contributed by atoms with Crippen molar-refractivity contribution in [3.8, 4) is 0 Å². The van der Waals surface area contributed by atoms with Gasteiger partial charge in [-0.15, -0.1) is 24.0 Å². The minimum Gasteiger partial charge on any atom is -0.370 e. The van der Waals surface area contributed by atoms with Gasteiger partial charge in [0.15, 0.2) is 5.96 Å². The van der Waals surface area contributed by atoms with Crippen LogP contribution in [0.3, 0.4) is 0 Å². The second-order valence-corrected chi connectivity index (χ2v) is 6.69. The third-order valence-corrected chi connectivity index (χ3v) is 4.72. The highest BCUT2D eigenvalue weighted by atomic mass is 127. The molecule has 8 nitrogen and oxygen atoms in total. The molecule has 0 amide bonds. The number of hydrogen-bond donors (Lipinski definition) is 1. The van der Waals surface area contributed by atoms with E-state index in [9.17, 15) is 0 Å². The summed E-state index contributed by atoms with van der Waals surface area (Å²) in [5.74, 6) is 1.33. The molecule has 2 N–H and O–H groups in total. The second kappa shape index (κ2) is 10.2. The molecule has 0 radical (unpaired) electrons. The first-order chi connectivity index (χ1) is 13.8. The maximum Gasteiger partial charge on any atom is 0.225 e. The maximum absolute atomic E-state index is 6.20. The molecule has 29 heavy (non-hydrogen) atoms. The standard InChI is InChI=1S/C20H24N8.HI/c21-19(26-11-13-27(14-12-26)20-22-8-4-9-23-20)24-15-18-7-10-28(25-18)16-17-5-2-1-3-6-17;/h1-10H,11-16H2,(H2,21,24);1H. The monoisotopic (exact) mass is 504 g/mol. The Hall–Kier alpha value is -2.69. The van der Waals surface area contributed by atoms with Gasteiger partial charge >= 0.3 is 0 Å². The van der Waals surface area contributed by atoms with Crippen LogP contribution in [0, 0.1) is 0 Å². The largest absolute Gasteiger partial charge is 0.370 e. The summed E-state index contributed by atoms with van der Waals surface area (Å²) in [5, 5.41) is 4.59. The van der Waals surface area contributed by atoms with E-state index in [4.69, 9.17) is 5.73 Å².